The molecular formula is C15H15FN2O3. The van der Waals surface area contributed by atoms with Crippen molar-refractivity contribution in [2.24, 2.45) is 5.16 Å². The molecule has 0 aliphatic rings. The number of nitrogens with two attached hydrogens (primary N) is 1. The molecule has 4 N–H and O–H groups in total. The Morgan fingerprint density at radius 3 is 2.52 bits per heavy atom. The van der Waals surface area contributed by atoms with Crippen LogP contribution in [0.1, 0.15) is 18.1 Å². The lowest BCUT2D eigenvalue weighted by Crippen LogP contribution is -2.06. The Balaban J connectivity index is 2.45. The quantitative estimate of drug-likeness (QED) is 0.265. The molecule has 0 saturated heterocycles. The number of hydrogen-bond donors (Lipinski definition) is 3. The van der Waals surface area contributed by atoms with E-state index < -0.39 is 5.82 Å². The highest BCUT2D eigenvalue weighted by atomic mass is 19.1. The van der Waals surface area contributed by atoms with Crippen LogP contribution in [0.5, 0.6) is 11.5 Å². The van der Waals surface area contributed by atoms with E-state index in [0.29, 0.717) is 17.9 Å². The van der Waals surface area contributed by atoms with Crippen molar-refractivity contribution in [1.29, 1.82) is 0 Å². The first-order chi connectivity index (χ1) is 10.1. The van der Waals surface area contributed by atoms with Crippen LogP contribution in [-0.2, 0) is 0 Å². The number of anilines is 1. The summed E-state index contributed by atoms with van der Waals surface area (Å²) in [5.74, 6) is -0.313. The second kappa shape index (κ2) is 6.13. The second-order valence-corrected chi connectivity index (χ2v) is 4.30. The Morgan fingerprint density at radius 2 is 1.95 bits per heavy atom. The fraction of sp³-hybridized carbons (Fsp3) is 0.133. The molecule has 21 heavy (non-hydrogen) atoms. The maximum Gasteiger partial charge on any atom is 0.148 e. The van der Waals surface area contributed by atoms with Crippen LogP contribution in [0.2, 0.25) is 0 Å². The number of ether oxygens (including phenoxy) is 1. The van der Waals surface area contributed by atoms with Crippen LogP contribution in [0.4, 0.5) is 10.1 Å². The van der Waals surface area contributed by atoms with E-state index in [9.17, 15) is 14.7 Å². The van der Waals surface area contributed by atoms with Gasteiger partial charge in [0.15, 0.2) is 0 Å². The number of phenols is 1. The van der Waals surface area contributed by atoms with Crippen molar-refractivity contribution >= 4 is 11.4 Å². The van der Waals surface area contributed by atoms with Crippen LogP contribution in [0.3, 0.4) is 0 Å². The molecule has 0 saturated carbocycles. The van der Waals surface area contributed by atoms with E-state index in [-0.39, 0.29) is 22.7 Å². The highest BCUT2D eigenvalue weighted by Crippen LogP contribution is 2.29. The molecule has 0 atom stereocenters. The van der Waals surface area contributed by atoms with Gasteiger partial charge in [0.25, 0.3) is 0 Å². The molecule has 0 aromatic heterocycles. The summed E-state index contributed by atoms with van der Waals surface area (Å²) in [7, 11) is 0. The Morgan fingerprint density at radius 1 is 1.29 bits per heavy atom. The number of oxime groups is 1. The molecule has 0 radical (unpaired) electrons. The van der Waals surface area contributed by atoms with E-state index in [1.807, 2.05) is 6.92 Å². The van der Waals surface area contributed by atoms with Gasteiger partial charge in [-0.3, -0.25) is 0 Å². The minimum Gasteiger partial charge on any atom is -0.505 e. The summed E-state index contributed by atoms with van der Waals surface area (Å²) in [6.45, 7) is 2.39. The topological polar surface area (TPSA) is 88.1 Å². The van der Waals surface area contributed by atoms with Gasteiger partial charge in [-0.15, -0.1) is 0 Å². The van der Waals surface area contributed by atoms with Crippen LogP contribution in [0.15, 0.2) is 41.6 Å². The van der Waals surface area contributed by atoms with Gasteiger partial charge in [-0.1, -0.05) is 5.16 Å². The predicted molar refractivity (Wildman–Crippen MR) is 77.5 cm³/mol. The zero-order chi connectivity index (χ0) is 15.4. The van der Waals surface area contributed by atoms with Crippen molar-refractivity contribution in [1.82, 2.24) is 0 Å². The third-order valence-corrected chi connectivity index (χ3v) is 2.90. The summed E-state index contributed by atoms with van der Waals surface area (Å²) < 4.78 is 18.7. The molecule has 0 aliphatic carbocycles. The van der Waals surface area contributed by atoms with E-state index in [4.69, 9.17) is 10.5 Å². The number of nitrogens with zero attached hydrogens (tertiary/aromatic N) is 1. The fourth-order valence-electron chi connectivity index (χ4n) is 1.94. The molecule has 2 rings (SSSR count). The Bertz CT molecular complexity index is 669. The first-order valence-corrected chi connectivity index (χ1v) is 6.30. The van der Waals surface area contributed by atoms with Crippen molar-refractivity contribution in [2.45, 2.75) is 6.92 Å². The average molecular weight is 290 g/mol. The maximum absolute atomic E-state index is 13.4. The van der Waals surface area contributed by atoms with Gasteiger partial charge >= 0.3 is 0 Å². The smallest absolute Gasteiger partial charge is 0.148 e. The molecule has 0 aliphatic heterocycles. The van der Waals surface area contributed by atoms with Gasteiger partial charge in [0.05, 0.1) is 17.9 Å². The molecule has 0 unspecified atom stereocenters. The van der Waals surface area contributed by atoms with Crippen LogP contribution in [0, 0.1) is 5.82 Å². The van der Waals surface area contributed by atoms with Gasteiger partial charge in [-0.05, 0) is 37.3 Å². The molecule has 2 aromatic carbocycles. The van der Waals surface area contributed by atoms with Gasteiger partial charge in [0, 0.05) is 11.6 Å². The van der Waals surface area contributed by atoms with Gasteiger partial charge < -0.3 is 20.8 Å². The minimum atomic E-state index is -0.632. The molecule has 0 heterocycles. The first-order valence-electron chi connectivity index (χ1n) is 6.30. The molecular weight excluding hydrogens is 275 g/mol. The number of aromatic hydroxyl groups is 1. The lowest BCUT2D eigenvalue weighted by atomic mass is 10.0. The standard InChI is InChI=1S/C15H15FN2O3/c1-2-21-11-5-3-9(4-6-11)14(18-20)12-7-10(16)8-13(17)15(12)19/h3-8,19-20H,2,17H2,1H3. The summed E-state index contributed by atoms with van der Waals surface area (Å²) >= 11 is 0. The molecule has 5 nitrogen and oxygen atoms in total. The SMILES string of the molecule is CCOc1ccc(C(=NO)c2cc(F)cc(N)c2O)cc1. The third-order valence-electron chi connectivity index (χ3n) is 2.90. The summed E-state index contributed by atoms with van der Waals surface area (Å²) in [6.07, 6.45) is 0. The maximum atomic E-state index is 13.4. The van der Waals surface area contributed by atoms with Gasteiger partial charge in [-0.25, -0.2) is 4.39 Å². The number of hydrogen-bond acceptors (Lipinski definition) is 5. The first kappa shape index (κ1) is 14.6. The predicted octanol–water partition coefficient (Wildman–Crippen LogP) is 2.74. The lowest BCUT2D eigenvalue weighted by Gasteiger charge is -2.10. The molecule has 0 fully saturated rings. The molecule has 110 valence electrons. The van der Waals surface area contributed by atoms with E-state index in [1.54, 1.807) is 24.3 Å². The zero-order valence-corrected chi connectivity index (χ0v) is 11.4. The number of nitrogen functional groups attached to an aromatic ring is 1. The van der Waals surface area contributed by atoms with E-state index in [0.717, 1.165) is 12.1 Å². The van der Waals surface area contributed by atoms with Crippen LogP contribution in [-0.4, -0.2) is 22.6 Å². The third kappa shape index (κ3) is 3.05. The number of phenolic OH excluding ortho intramolecular Hbond substituents is 1. The normalized spacial score (nSPS) is 11.4. The Kier molecular flexibility index (Phi) is 4.27. The van der Waals surface area contributed by atoms with Crippen molar-refractivity contribution < 1.29 is 19.4 Å². The summed E-state index contributed by atoms with van der Waals surface area (Å²) in [5.41, 5.74) is 5.90. The van der Waals surface area contributed by atoms with Crippen molar-refractivity contribution in [2.75, 3.05) is 12.3 Å². The highest BCUT2D eigenvalue weighted by Gasteiger charge is 2.16. The van der Waals surface area contributed by atoms with Gasteiger partial charge in [0.2, 0.25) is 0 Å². The summed E-state index contributed by atoms with van der Waals surface area (Å²) in [6, 6.07) is 8.69. The average Bonchev–Trinajstić information content (AvgIpc) is 2.47. The van der Waals surface area contributed by atoms with Crippen molar-refractivity contribution in [3.05, 3.63) is 53.3 Å². The number of benzene rings is 2. The monoisotopic (exact) mass is 290 g/mol. The Labute approximate surface area is 121 Å². The van der Waals surface area contributed by atoms with Crippen LogP contribution < -0.4 is 10.5 Å². The zero-order valence-electron chi connectivity index (χ0n) is 11.4. The van der Waals surface area contributed by atoms with Crippen LogP contribution >= 0.6 is 0 Å². The molecule has 2 aromatic rings. The summed E-state index contributed by atoms with van der Waals surface area (Å²) in [5, 5.41) is 22.3. The fourth-order valence-corrected chi connectivity index (χ4v) is 1.94. The van der Waals surface area contributed by atoms with Crippen LogP contribution in [0.25, 0.3) is 0 Å². The number of rotatable bonds is 4. The van der Waals surface area contributed by atoms with E-state index >= 15 is 0 Å². The highest BCUT2D eigenvalue weighted by molar-refractivity contribution is 6.14. The van der Waals surface area contributed by atoms with E-state index in [1.165, 1.54) is 0 Å². The second-order valence-electron chi connectivity index (χ2n) is 4.30. The minimum absolute atomic E-state index is 0.0131. The van der Waals surface area contributed by atoms with Gasteiger partial charge in [-0.2, -0.15) is 0 Å². The molecule has 0 amide bonds. The van der Waals surface area contributed by atoms with Gasteiger partial charge in [0.1, 0.15) is 23.0 Å². The molecule has 0 spiro atoms. The molecule has 6 heteroatoms. The van der Waals surface area contributed by atoms with Crippen molar-refractivity contribution in [3.63, 3.8) is 0 Å². The number of halogens is 1. The van der Waals surface area contributed by atoms with Crippen molar-refractivity contribution in [3.8, 4) is 11.5 Å². The largest absolute Gasteiger partial charge is 0.505 e. The lowest BCUT2D eigenvalue weighted by molar-refractivity contribution is 0.319. The Hall–Kier alpha value is -2.76. The summed E-state index contributed by atoms with van der Waals surface area (Å²) in [4.78, 5) is 0. The molecule has 0 bridgehead atoms. The van der Waals surface area contributed by atoms with E-state index in [2.05, 4.69) is 5.16 Å².